The third kappa shape index (κ3) is 3.81. The topological polar surface area (TPSA) is 12.0 Å². The number of piperidine rings is 1. The zero-order valence-corrected chi connectivity index (χ0v) is 10.6. The molecule has 0 radical (unpaired) electrons. The maximum Gasteiger partial charge on any atom is 0.123 e. The van der Waals surface area contributed by atoms with Gasteiger partial charge in [-0.15, -0.1) is 0 Å². The van der Waals surface area contributed by atoms with Crippen molar-refractivity contribution in [1.82, 2.24) is 5.32 Å². The number of hydrogen-bond acceptors (Lipinski definition) is 1. The monoisotopic (exact) mass is 235 g/mol. The highest BCUT2D eigenvalue weighted by Crippen LogP contribution is 2.25. The van der Waals surface area contributed by atoms with Gasteiger partial charge in [0.25, 0.3) is 0 Å². The van der Waals surface area contributed by atoms with Crippen molar-refractivity contribution in [3.05, 3.63) is 35.6 Å². The average Bonchev–Trinajstić information content (AvgIpc) is 2.39. The molecular weight excluding hydrogens is 213 g/mol. The van der Waals surface area contributed by atoms with Gasteiger partial charge < -0.3 is 5.32 Å². The van der Waals surface area contributed by atoms with Gasteiger partial charge in [0.15, 0.2) is 0 Å². The van der Waals surface area contributed by atoms with E-state index < -0.39 is 0 Å². The van der Waals surface area contributed by atoms with Crippen LogP contribution in [0, 0.1) is 17.7 Å². The zero-order valence-electron chi connectivity index (χ0n) is 10.6. The molecule has 0 aliphatic carbocycles. The van der Waals surface area contributed by atoms with Crippen LogP contribution in [0.4, 0.5) is 4.39 Å². The lowest BCUT2D eigenvalue weighted by molar-refractivity contribution is 0.263. The molecule has 1 aromatic rings. The van der Waals surface area contributed by atoms with E-state index in [4.69, 9.17) is 0 Å². The largest absolute Gasteiger partial charge is 0.317 e. The van der Waals surface area contributed by atoms with Gasteiger partial charge in [0.1, 0.15) is 5.82 Å². The predicted molar refractivity (Wildman–Crippen MR) is 69.5 cm³/mol. The van der Waals surface area contributed by atoms with Crippen molar-refractivity contribution in [3.8, 4) is 0 Å². The summed E-state index contributed by atoms with van der Waals surface area (Å²) in [5, 5.41) is 3.41. The molecule has 0 amide bonds. The number of benzene rings is 1. The van der Waals surface area contributed by atoms with Crippen molar-refractivity contribution >= 4 is 0 Å². The summed E-state index contributed by atoms with van der Waals surface area (Å²) in [6, 6.07) is 6.93. The second kappa shape index (κ2) is 6.15. The van der Waals surface area contributed by atoms with Gasteiger partial charge in [0, 0.05) is 0 Å². The summed E-state index contributed by atoms with van der Waals surface area (Å²) >= 11 is 0. The van der Waals surface area contributed by atoms with Gasteiger partial charge in [-0.2, -0.15) is 0 Å². The van der Waals surface area contributed by atoms with Crippen molar-refractivity contribution in [2.75, 3.05) is 13.1 Å². The van der Waals surface area contributed by atoms with Crippen molar-refractivity contribution in [2.24, 2.45) is 11.8 Å². The second-order valence-corrected chi connectivity index (χ2v) is 5.23. The highest BCUT2D eigenvalue weighted by Gasteiger charge is 2.19. The Bertz CT molecular complexity index is 327. The molecule has 0 aromatic heterocycles. The van der Waals surface area contributed by atoms with Gasteiger partial charge in [-0.05, 0) is 68.3 Å². The van der Waals surface area contributed by atoms with Gasteiger partial charge >= 0.3 is 0 Å². The van der Waals surface area contributed by atoms with Gasteiger partial charge in [0.2, 0.25) is 0 Å². The second-order valence-electron chi connectivity index (χ2n) is 5.23. The van der Waals surface area contributed by atoms with Gasteiger partial charge in [0.05, 0.1) is 0 Å². The summed E-state index contributed by atoms with van der Waals surface area (Å²) in [6.45, 7) is 4.70. The van der Waals surface area contributed by atoms with Gasteiger partial charge in [-0.25, -0.2) is 4.39 Å². The molecule has 1 aliphatic rings. The molecule has 1 saturated heterocycles. The maximum atomic E-state index is 12.8. The SMILES string of the molecule is CC(CCc1ccc(F)cc1)C1CCNCC1. The fourth-order valence-corrected chi connectivity index (χ4v) is 2.69. The van der Waals surface area contributed by atoms with Crippen LogP contribution in [0.25, 0.3) is 0 Å². The van der Waals surface area contributed by atoms with Crippen LogP contribution < -0.4 is 5.32 Å². The summed E-state index contributed by atoms with van der Waals surface area (Å²) in [4.78, 5) is 0. The molecule has 1 aliphatic heterocycles. The average molecular weight is 235 g/mol. The maximum absolute atomic E-state index is 12.8. The first kappa shape index (κ1) is 12.6. The molecular formula is C15H22FN. The Morgan fingerprint density at radius 1 is 1.24 bits per heavy atom. The van der Waals surface area contributed by atoms with Gasteiger partial charge in [-0.1, -0.05) is 19.1 Å². The smallest absolute Gasteiger partial charge is 0.123 e. The zero-order chi connectivity index (χ0) is 12.1. The van der Waals surface area contributed by atoms with E-state index in [1.807, 2.05) is 12.1 Å². The molecule has 1 atom stereocenters. The fraction of sp³-hybridized carbons (Fsp3) is 0.600. The first-order valence-corrected chi connectivity index (χ1v) is 6.71. The van der Waals surface area contributed by atoms with Crippen LogP contribution in [0.3, 0.4) is 0 Å². The molecule has 1 heterocycles. The van der Waals surface area contributed by atoms with E-state index >= 15 is 0 Å². The van der Waals surface area contributed by atoms with E-state index in [1.54, 1.807) is 12.1 Å². The molecule has 0 bridgehead atoms. The highest BCUT2D eigenvalue weighted by molar-refractivity contribution is 5.16. The van der Waals surface area contributed by atoms with E-state index in [1.165, 1.54) is 37.9 Å². The van der Waals surface area contributed by atoms with E-state index in [-0.39, 0.29) is 5.82 Å². The lowest BCUT2D eigenvalue weighted by Crippen LogP contribution is -2.30. The molecule has 0 saturated carbocycles. The fourth-order valence-electron chi connectivity index (χ4n) is 2.69. The van der Waals surface area contributed by atoms with E-state index in [0.29, 0.717) is 0 Å². The Morgan fingerprint density at radius 2 is 1.88 bits per heavy atom. The van der Waals surface area contributed by atoms with Crippen LogP contribution in [0.2, 0.25) is 0 Å². The first-order chi connectivity index (χ1) is 8.25. The molecule has 1 N–H and O–H groups in total. The Kier molecular flexibility index (Phi) is 4.55. The Hall–Kier alpha value is -0.890. The van der Waals surface area contributed by atoms with Crippen molar-refractivity contribution < 1.29 is 4.39 Å². The van der Waals surface area contributed by atoms with Crippen molar-refractivity contribution in [2.45, 2.75) is 32.6 Å². The third-order valence-corrected chi connectivity index (χ3v) is 3.99. The lowest BCUT2D eigenvalue weighted by Gasteiger charge is -2.28. The molecule has 1 aromatic carbocycles. The number of nitrogens with one attached hydrogen (secondary N) is 1. The first-order valence-electron chi connectivity index (χ1n) is 6.71. The molecule has 1 nitrogen and oxygen atoms in total. The quantitative estimate of drug-likeness (QED) is 0.843. The molecule has 1 unspecified atom stereocenters. The minimum Gasteiger partial charge on any atom is -0.317 e. The molecule has 2 rings (SSSR count). The van der Waals surface area contributed by atoms with Crippen LogP contribution >= 0.6 is 0 Å². The molecule has 2 heteroatoms. The molecule has 1 fully saturated rings. The number of halogens is 1. The number of rotatable bonds is 4. The predicted octanol–water partition coefficient (Wildman–Crippen LogP) is 3.39. The lowest BCUT2D eigenvalue weighted by atomic mass is 9.83. The highest BCUT2D eigenvalue weighted by atomic mass is 19.1. The summed E-state index contributed by atoms with van der Waals surface area (Å²) in [7, 11) is 0. The minimum atomic E-state index is -0.139. The van der Waals surface area contributed by atoms with Gasteiger partial charge in [-0.3, -0.25) is 0 Å². The summed E-state index contributed by atoms with van der Waals surface area (Å²) < 4.78 is 12.8. The molecule has 0 spiro atoms. The van der Waals surface area contributed by atoms with E-state index in [0.717, 1.165) is 18.3 Å². The minimum absolute atomic E-state index is 0.139. The Balaban J connectivity index is 1.78. The van der Waals surface area contributed by atoms with Crippen LogP contribution in [0.1, 0.15) is 31.7 Å². The van der Waals surface area contributed by atoms with E-state index in [2.05, 4.69) is 12.2 Å². The number of hydrogen-bond donors (Lipinski definition) is 1. The Morgan fingerprint density at radius 3 is 2.53 bits per heavy atom. The normalized spacial score (nSPS) is 19.2. The summed E-state index contributed by atoms with van der Waals surface area (Å²) in [6.07, 6.45) is 4.91. The molecule has 94 valence electrons. The van der Waals surface area contributed by atoms with Crippen LogP contribution in [-0.2, 0) is 6.42 Å². The van der Waals surface area contributed by atoms with Crippen LogP contribution in [0.5, 0.6) is 0 Å². The Labute approximate surface area is 103 Å². The molecule has 17 heavy (non-hydrogen) atoms. The van der Waals surface area contributed by atoms with E-state index in [9.17, 15) is 4.39 Å². The van der Waals surface area contributed by atoms with Crippen LogP contribution in [-0.4, -0.2) is 13.1 Å². The van der Waals surface area contributed by atoms with Crippen molar-refractivity contribution in [1.29, 1.82) is 0 Å². The third-order valence-electron chi connectivity index (χ3n) is 3.99. The summed E-state index contributed by atoms with van der Waals surface area (Å²) in [5.74, 6) is 1.51. The number of aryl methyl sites for hydroxylation is 1. The summed E-state index contributed by atoms with van der Waals surface area (Å²) in [5.41, 5.74) is 1.26. The van der Waals surface area contributed by atoms with Crippen LogP contribution in [0.15, 0.2) is 24.3 Å². The van der Waals surface area contributed by atoms with Crippen molar-refractivity contribution in [3.63, 3.8) is 0 Å². The standard InChI is InChI=1S/C15H22FN/c1-12(14-8-10-17-11-9-14)2-3-13-4-6-15(16)7-5-13/h4-7,12,14,17H,2-3,8-11H2,1H3.